The number of nitrogens with two attached hydrogens (primary N) is 1. The Morgan fingerprint density at radius 3 is 2.44 bits per heavy atom. The highest BCUT2D eigenvalue weighted by Crippen LogP contribution is 2.10. The van der Waals surface area contributed by atoms with E-state index in [2.05, 4.69) is 48.6 Å². The third-order valence-corrected chi connectivity index (χ3v) is 2.51. The summed E-state index contributed by atoms with van der Waals surface area (Å²) in [5, 5.41) is 3.17. The van der Waals surface area contributed by atoms with E-state index in [1.807, 2.05) is 12.1 Å². The van der Waals surface area contributed by atoms with Crippen LogP contribution >= 0.6 is 0 Å². The van der Waals surface area contributed by atoms with Crippen LogP contribution in [0.4, 0.5) is 5.69 Å². The fraction of sp³-hybridized carbons (Fsp3) is 0.500. The second-order valence-electron chi connectivity index (χ2n) is 4.80. The van der Waals surface area contributed by atoms with Gasteiger partial charge < -0.3 is 5.32 Å². The third kappa shape index (κ3) is 5.19. The van der Waals surface area contributed by atoms with Crippen molar-refractivity contribution in [3.63, 3.8) is 0 Å². The standard InChI is InChI=1S/C14H24N4/c1-4-5-12-6-8-13(9-7-12)17-14(18-15)16-10-11(2)3/h6-9,11H,4-5,10,15H2,1-3H3,(H2,16,17,18). The number of anilines is 1. The molecule has 0 aliphatic carbocycles. The Balaban J connectivity index is 2.61. The SMILES string of the molecule is CCCc1ccc(NC(=NCC(C)C)NN)cc1. The summed E-state index contributed by atoms with van der Waals surface area (Å²) in [7, 11) is 0. The predicted octanol–water partition coefficient (Wildman–Crippen LogP) is 2.53. The largest absolute Gasteiger partial charge is 0.325 e. The molecule has 4 heteroatoms. The molecule has 4 nitrogen and oxygen atoms in total. The fourth-order valence-corrected chi connectivity index (χ4v) is 1.58. The molecule has 0 aromatic heterocycles. The minimum absolute atomic E-state index is 0.516. The van der Waals surface area contributed by atoms with Crippen LogP contribution in [0.5, 0.6) is 0 Å². The summed E-state index contributed by atoms with van der Waals surface area (Å²) in [5.74, 6) is 6.56. The number of aliphatic imine (C=N–C) groups is 1. The van der Waals surface area contributed by atoms with Gasteiger partial charge in [-0.3, -0.25) is 10.4 Å². The number of guanidine groups is 1. The first kappa shape index (κ1) is 14.5. The number of benzene rings is 1. The maximum absolute atomic E-state index is 5.44. The molecule has 0 radical (unpaired) electrons. The van der Waals surface area contributed by atoms with Gasteiger partial charge in [0.25, 0.3) is 0 Å². The van der Waals surface area contributed by atoms with Crippen LogP contribution in [-0.2, 0) is 6.42 Å². The van der Waals surface area contributed by atoms with Crippen molar-refractivity contribution in [3.8, 4) is 0 Å². The molecule has 1 aromatic carbocycles. The molecule has 0 unspecified atom stereocenters. The molecule has 0 saturated heterocycles. The Labute approximate surface area is 110 Å². The van der Waals surface area contributed by atoms with Crippen LogP contribution in [0.2, 0.25) is 0 Å². The molecule has 0 atom stereocenters. The normalized spacial score (nSPS) is 11.7. The third-order valence-electron chi connectivity index (χ3n) is 2.51. The summed E-state index contributed by atoms with van der Waals surface area (Å²) in [6, 6.07) is 8.35. The van der Waals surface area contributed by atoms with Crippen molar-refractivity contribution in [2.24, 2.45) is 16.8 Å². The molecule has 0 fully saturated rings. The lowest BCUT2D eigenvalue weighted by Crippen LogP contribution is -2.36. The van der Waals surface area contributed by atoms with Crippen molar-refractivity contribution in [1.29, 1.82) is 0 Å². The van der Waals surface area contributed by atoms with E-state index in [0.717, 1.165) is 25.1 Å². The number of hydrogen-bond acceptors (Lipinski definition) is 2. The average molecular weight is 248 g/mol. The first-order valence-corrected chi connectivity index (χ1v) is 6.52. The first-order chi connectivity index (χ1) is 8.65. The van der Waals surface area contributed by atoms with Crippen LogP contribution in [0.25, 0.3) is 0 Å². The van der Waals surface area contributed by atoms with E-state index in [0.29, 0.717) is 11.9 Å². The van der Waals surface area contributed by atoms with Crippen LogP contribution in [0.15, 0.2) is 29.3 Å². The van der Waals surface area contributed by atoms with Crippen molar-refractivity contribution in [2.75, 3.05) is 11.9 Å². The summed E-state index contributed by atoms with van der Waals surface area (Å²) in [5.41, 5.74) is 4.93. The highest BCUT2D eigenvalue weighted by atomic mass is 15.3. The lowest BCUT2D eigenvalue weighted by molar-refractivity contribution is 0.663. The first-order valence-electron chi connectivity index (χ1n) is 6.52. The Morgan fingerprint density at radius 1 is 1.28 bits per heavy atom. The Bertz CT molecular complexity index is 368. The second-order valence-corrected chi connectivity index (χ2v) is 4.80. The van der Waals surface area contributed by atoms with Gasteiger partial charge in [0.1, 0.15) is 0 Å². The fourth-order valence-electron chi connectivity index (χ4n) is 1.58. The van der Waals surface area contributed by atoms with E-state index in [-0.39, 0.29) is 0 Å². The maximum atomic E-state index is 5.44. The molecule has 1 rings (SSSR count). The second kappa shape index (κ2) is 7.71. The number of hydrazine groups is 1. The summed E-state index contributed by atoms with van der Waals surface area (Å²) >= 11 is 0. The van der Waals surface area contributed by atoms with Gasteiger partial charge in [0, 0.05) is 12.2 Å². The van der Waals surface area contributed by atoms with Gasteiger partial charge in [-0.15, -0.1) is 0 Å². The molecule has 0 saturated carbocycles. The van der Waals surface area contributed by atoms with E-state index >= 15 is 0 Å². The number of nitrogens with one attached hydrogen (secondary N) is 2. The minimum Gasteiger partial charge on any atom is -0.325 e. The lowest BCUT2D eigenvalue weighted by Gasteiger charge is -2.10. The van der Waals surface area contributed by atoms with Gasteiger partial charge in [-0.1, -0.05) is 39.3 Å². The molecule has 0 heterocycles. The van der Waals surface area contributed by atoms with E-state index in [1.165, 1.54) is 5.56 Å². The van der Waals surface area contributed by atoms with Gasteiger partial charge >= 0.3 is 0 Å². The van der Waals surface area contributed by atoms with E-state index < -0.39 is 0 Å². The maximum Gasteiger partial charge on any atom is 0.210 e. The Morgan fingerprint density at radius 2 is 1.94 bits per heavy atom. The molecular weight excluding hydrogens is 224 g/mol. The monoisotopic (exact) mass is 248 g/mol. The van der Waals surface area contributed by atoms with Gasteiger partial charge in [-0.2, -0.15) is 0 Å². The Hall–Kier alpha value is -1.55. The predicted molar refractivity (Wildman–Crippen MR) is 78.5 cm³/mol. The quantitative estimate of drug-likeness (QED) is 0.325. The molecule has 0 amide bonds. The number of hydrogen-bond donors (Lipinski definition) is 3. The molecule has 0 bridgehead atoms. The van der Waals surface area contributed by atoms with Gasteiger partial charge in [0.05, 0.1) is 0 Å². The van der Waals surface area contributed by atoms with Crippen LogP contribution in [0, 0.1) is 5.92 Å². The van der Waals surface area contributed by atoms with Crippen molar-refractivity contribution in [3.05, 3.63) is 29.8 Å². The highest BCUT2D eigenvalue weighted by Gasteiger charge is 1.99. The lowest BCUT2D eigenvalue weighted by atomic mass is 10.1. The summed E-state index contributed by atoms with van der Waals surface area (Å²) < 4.78 is 0. The minimum atomic E-state index is 0.516. The molecule has 0 aliphatic heterocycles. The summed E-state index contributed by atoms with van der Waals surface area (Å²) in [6.45, 7) is 7.18. The van der Waals surface area contributed by atoms with E-state index in [4.69, 9.17) is 5.84 Å². The van der Waals surface area contributed by atoms with Crippen LogP contribution in [0.1, 0.15) is 32.8 Å². The highest BCUT2D eigenvalue weighted by molar-refractivity contribution is 5.93. The topological polar surface area (TPSA) is 62.4 Å². The summed E-state index contributed by atoms with van der Waals surface area (Å²) in [6.07, 6.45) is 2.28. The molecule has 0 spiro atoms. The van der Waals surface area contributed by atoms with E-state index in [1.54, 1.807) is 0 Å². The van der Waals surface area contributed by atoms with Crippen molar-refractivity contribution < 1.29 is 0 Å². The van der Waals surface area contributed by atoms with E-state index in [9.17, 15) is 0 Å². The van der Waals surface area contributed by atoms with Gasteiger partial charge in [0.2, 0.25) is 5.96 Å². The van der Waals surface area contributed by atoms with Crippen LogP contribution in [0.3, 0.4) is 0 Å². The number of aryl methyl sites for hydroxylation is 1. The molecule has 100 valence electrons. The van der Waals surface area contributed by atoms with Crippen molar-refractivity contribution >= 4 is 11.6 Å². The van der Waals surface area contributed by atoms with Gasteiger partial charge in [0.15, 0.2) is 0 Å². The van der Waals surface area contributed by atoms with Gasteiger partial charge in [-0.05, 0) is 30.0 Å². The van der Waals surface area contributed by atoms with Crippen LogP contribution in [-0.4, -0.2) is 12.5 Å². The summed E-state index contributed by atoms with van der Waals surface area (Å²) in [4.78, 5) is 4.37. The number of nitrogens with zero attached hydrogens (tertiary/aromatic N) is 1. The van der Waals surface area contributed by atoms with Crippen molar-refractivity contribution in [2.45, 2.75) is 33.6 Å². The smallest absolute Gasteiger partial charge is 0.210 e. The molecular formula is C14H24N4. The Kier molecular flexibility index (Phi) is 6.22. The zero-order valence-corrected chi connectivity index (χ0v) is 11.5. The molecule has 1 aromatic rings. The van der Waals surface area contributed by atoms with Gasteiger partial charge in [-0.25, -0.2) is 5.84 Å². The zero-order valence-electron chi connectivity index (χ0n) is 11.5. The molecule has 18 heavy (non-hydrogen) atoms. The number of rotatable bonds is 5. The molecule has 4 N–H and O–H groups in total. The van der Waals surface area contributed by atoms with Crippen molar-refractivity contribution in [1.82, 2.24) is 5.43 Å². The zero-order chi connectivity index (χ0) is 13.4. The molecule has 0 aliphatic rings. The average Bonchev–Trinajstić information content (AvgIpc) is 2.36. The van der Waals surface area contributed by atoms with Crippen LogP contribution < -0.4 is 16.6 Å².